The Morgan fingerprint density at radius 2 is 2.00 bits per heavy atom. The van der Waals surface area contributed by atoms with Crippen LogP contribution in [0.25, 0.3) is 20.8 Å². The Morgan fingerprint density at radius 3 is 2.77 bits per heavy atom. The third kappa shape index (κ3) is 3.51. The highest BCUT2D eigenvalue weighted by Gasteiger charge is 2.07. The summed E-state index contributed by atoms with van der Waals surface area (Å²) in [5.74, 6) is 1.26. The van der Waals surface area contributed by atoms with Gasteiger partial charge in [-0.1, -0.05) is 0 Å². The molecule has 0 unspecified atom stereocenters. The second kappa shape index (κ2) is 6.98. The normalized spacial score (nSPS) is 11.0. The zero-order valence-electron chi connectivity index (χ0n) is 11.8. The summed E-state index contributed by atoms with van der Waals surface area (Å²) in [6.45, 7) is 0.520. The van der Waals surface area contributed by atoms with E-state index in [0.717, 1.165) is 32.2 Å². The number of nitrogens with zero attached hydrogens (tertiary/aromatic N) is 1. The second-order valence-corrected chi connectivity index (χ2v) is 6.44. The molecule has 0 fully saturated rings. The van der Waals surface area contributed by atoms with Crippen LogP contribution in [0.2, 0.25) is 0 Å². The number of nitrogens with two attached hydrogens (primary N) is 1. The first-order valence-corrected chi connectivity index (χ1v) is 8.59. The third-order valence-corrected chi connectivity index (χ3v) is 4.66. The van der Waals surface area contributed by atoms with Crippen LogP contribution < -0.4 is 10.5 Å². The Labute approximate surface area is 136 Å². The molecule has 0 amide bonds. The SMILES string of the molecule is Nc1ccc(-c2nc3ccc(OCCCSF)cc3s2)cc1. The Bertz CT molecular complexity index is 758. The summed E-state index contributed by atoms with van der Waals surface area (Å²) in [5, 5.41) is 0.959. The van der Waals surface area contributed by atoms with Crippen molar-refractivity contribution in [1.29, 1.82) is 0 Å². The molecule has 3 nitrogen and oxygen atoms in total. The summed E-state index contributed by atoms with van der Waals surface area (Å²) in [7, 11) is 0. The van der Waals surface area contributed by atoms with Gasteiger partial charge in [-0.2, -0.15) is 3.89 Å². The van der Waals surface area contributed by atoms with Crippen LogP contribution in [-0.4, -0.2) is 17.3 Å². The van der Waals surface area contributed by atoms with Crippen LogP contribution in [0.1, 0.15) is 6.42 Å². The second-order valence-electron chi connectivity index (χ2n) is 4.79. The Kier molecular flexibility index (Phi) is 4.80. The van der Waals surface area contributed by atoms with E-state index in [4.69, 9.17) is 10.5 Å². The monoisotopic (exact) mass is 334 g/mol. The highest BCUT2D eigenvalue weighted by molar-refractivity contribution is 7.94. The number of aromatic nitrogens is 1. The van der Waals surface area contributed by atoms with E-state index in [0.29, 0.717) is 30.9 Å². The Hall–Kier alpha value is -1.79. The lowest BCUT2D eigenvalue weighted by Crippen LogP contribution is -1.97. The maximum absolute atomic E-state index is 12.0. The molecule has 0 saturated carbocycles. The summed E-state index contributed by atoms with van der Waals surface area (Å²) in [6, 6.07) is 13.5. The van der Waals surface area contributed by atoms with Crippen LogP contribution in [0.5, 0.6) is 5.75 Å². The topological polar surface area (TPSA) is 48.1 Å². The minimum absolute atomic E-state index is 0.344. The molecule has 114 valence electrons. The van der Waals surface area contributed by atoms with Crippen molar-refractivity contribution in [3.8, 4) is 16.3 Å². The number of rotatable bonds is 6. The molecule has 0 spiro atoms. The van der Waals surface area contributed by atoms with Gasteiger partial charge < -0.3 is 10.5 Å². The van der Waals surface area contributed by atoms with Crippen molar-refractivity contribution in [1.82, 2.24) is 4.98 Å². The molecule has 0 radical (unpaired) electrons. The van der Waals surface area contributed by atoms with Gasteiger partial charge in [0.15, 0.2) is 0 Å². The molecule has 3 aromatic rings. The van der Waals surface area contributed by atoms with Gasteiger partial charge in [-0.3, -0.25) is 0 Å². The maximum Gasteiger partial charge on any atom is 0.124 e. The first kappa shape index (κ1) is 15.1. The predicted octanol–water partition coefficient (Wildman–Crippen LogP) is 4.93. The summed E-state index contributed by atoms with van der Waals surface area (Å²) in [4.78, 5) is 4.63. The van der Waals surface area contributed by atoms with Gasteiger partial charge in [0.2, 0.25) is 0 Å². The number of hydrogen-bond donors (Lipinski definition) is 1. The fourth-order valence-corrected chi connectivity index (χ4v) is 3.27. The van der Waals surface area contributed by atoms with Gasteiger partial charge >= 0.3 is 0 Å². The maximum atomic E-state index is 12.0. The van der Waals surface area contributed by atoms with Crippen LogP contribution in [0, 0.1) is 0 Å². The zero-order chi connectivity index (χ0) is 15.4. The number of halogens is 1. The van der Waals surface area contributed by atoms with Gasteiger partial charge in [-0.15, -0.1) is 11.3 Å². The molecular formula is C16H15FN2OS2. The van der Waals surface area contributed by atoms with Gasteiger partial charge in [0.25, 0.3) is 0 Å². The van der Waals surface area contributed by atoms with E-state index in [1.54, 1.807) is 11.3 Å². The van der Waals surface area contributed by atoms with E-state index in [9.17, 15) is 3.89 Å². The number of nitrogen functional groups attached to an aromatic ring is 1. The van der Waals surface area contributed by atoms with Crippen molar-refractivity contribution >= 4 is 39.4 Å². The molecule has 0 aliphatic rings. The van der Waals surface area contributed by atoms with E-state index in [1.165, 1.54) is 0 Å². The number of hydrogen-bond acceptors (Lipinski definition) is 5. The number of fused-ring (bicyclic) bond motifs is 1. The van der Waals surface area contributed by atoms with E-state index in [1.807, 2.05) is 42.5 Å². The zero-order valence-corrected chi connectivity index (χ0v) is 13.4. The number of anilines is 1. The number of thiazole rings is 1. The van der Waals surface area contributed by atoms with Crippen molar-refractivity contribution in [3.63, 3.8) is 0 Å². The van der Waals surface area contributed by atoms with Crippen molar-refractivity contribution in [2.24, 2.45) is 0 Å². The summed E-state index contributed by atoms with van der Waals surface area (Å²) in [5.41, 5.74) is 8.45. The van der Waals surface area contributed by atoms with Gasteiger partial charge in [0.05, 0.1) is 16.8 Å². The average molecular weight is 334 g/mol. The van der Waals surface area contributed by atoms with Crippen LogP contribution in [-0.2, 0) is 0 Å². The van der Waals surface area contributed by atoms with E-state index in [-0.39, 0.29) is 0 Å². The van der Waals surface area contributed by atoms with Gasteiger partial charge in [0, 0.05) is 29.2 Å². The Morgan fingerprint density at radius 1 is 1.18 bits per heavy atom. The predicted molar refractivity (Wildman–Crippen MR) is 93.1 cm³/mol. The molecule has 2 N–H and O–H groups in total. The highest BCUT2D eigenvalue weighted by Crippen LogP contribution is 2.32. The number of benzene rings is 2. The van der Waals surface area contributed by atoms with Crippen LogP contribution >= 0.6 is 23.5 Å². The fourth-order valence-electron chi connectivity index (χ4n) is 2.05. The molecule has 0 aliphatic heterocycles. The van der Waals surface area contributed by atoms with Gasteiger partial charge in [-0.25, -0.2) is 4.98 Å². The lowest BCUT2D eigenvalue weighted by Gasteiger charge is -2.04. The minimum Gasteiger partial charge on any atom is -0.494 e. The molecule has 6 heteroatoms. The summed E-state index contributed by atoms with van der Waals surface area (Å²) < 4.78 is 18.7. The van der Waals surface area contributed by atoms with Crippen molar-refractivity contribution in [3.05, 3.63) is 42.5 Å². The quantitative estimate of drug-likeness (QED) is 0.513. The van der Waals surface area contributed by atoms with Crippen LogP contribution in [0.3, 0.4) is 0 Å². The molecule has 0 aliphatic carbocycles. The van der Waals surface area contributed by atoms with Gasteiger partial charge in [0.1, 0.15) is 10.8 Å². The van der Waals surface area contributed by atoms with Crippen LogP contribution in [0.15, 0.2) is 42.5 Å². The number of ether oxygens (including phenoxy) is 1. The van der Waals surface area contributed by atoms with Gasteiger partial charge in [-0.05, 0) is 48.9 Å². The van der Waals surface area contributed by atoms with E-state index in [2.05, 4.69) is 4.98 Å². The first-order chi connectivity index (χ1) is 10.8. The molecular weight excluding hydrogens is 319 g/mol. The summed E-state index contributed by atoms with van der Waals surface area (Å²) >= 11 is 1.96. The average Bonchev–Trinajstić information content (AvgIpc) is 2.95. The molecule has 0 atom stereocenters. The lowest BCUT2D eigenvalue weighted by atomic mass is 10.2. The minimum atomic E-state index is 0.344. The van der Waals surface area contributed by atoms with Crippen molar-refractivity contribution in [2.75, 3.05) is 18.1 Å². The first-order valence-electron chi connectivity index (χ1n) is 6.89. The van der Waals surface area contributed by atoms with Crippen molar-refractivity contribution in [2.45, 2.75) is 6.42 Å². The largest absolute Gasteiger partial charge is 0.494 e. The molecule has 0 saturated heterocycles. The fraction of sp³-hybridized carbons (Fsp3) is 0.188. The molecule has 3 rings (SSSR count). The lowest BCUT2D eigenvalue weighted by molar-refractivity contribution is 0.319. The highest BCUT2D eigenvalue weighted by atomic mass is 32.2. The molecule has 1 heterocycles. The van der Waals surface area contributed by atoms with E-state index >= 15 is 0 Å². The standard InChI is InChI=1S/C16H15FN2OS2/c17-21-9-1-8-20-13-6-7-14-15(10-13)22-16(19-14)11-2-4-12(18)5-3-11/h2-7,10H,1,8-9,18H2. The van der Waals surface area contributed by atoms with E-state index < -0.39 is 0 Å². The smallest absolute Gasteiger partial charge is 0.124 e. The molecule has 0 bridgehead atoms. The van der Waals surface area contributed by atoms with Crippen molar-refractivity contribution < 1.29 is 8.62 Å². The summed E-state index contributed by atoms with van der Waals surface area (Å²) in [6.07, 6.45) is 0.693. The molecule has 2 aromatic carbocycles. The molecule has 1 aromatic heterocycles. The molecule has 22 heavy (non-hydrogen) atoms. The van der Waals surface area contributed by atoms with Crippen LogP contribution in [0.4, 0.5) is 9.57 Å². The Balaban J connectivity index is 1.79. The third-order valence-electron chi connectivity index (χ3n) is 3.15.